The van der Waals surface area contributed by atoms with Crippen molar-refractivity contribution in [2.75, 3.05) is 33.5 Å². The molecule has 8 heteroatoms. The SMILES string of the molecule is COC1=CC(C[C@H](O)[C@@H]2CC[C@@H](NCc3cc4c(cn3)OCCO4)CO2)CN=C1. The largest absolute Gasteiger partial charge is 0.495 e. The van der Waals surface area contributed by atoms with Gasteiger partial charge in [-0.3, -0.25) is 9.98 Å². The maximum atomic E-state index is 10.6. The number of aromatic nitrogens is 1. The highest BCUT2D eigenvalue weighted by molar-refractivity contribution is 5.76. The molecule has 8 nitrogen and oxygen atoms in total. The first kappa shape index (κ1) is 20.1. The number of ether oxygens (including phenoxy) is 4. The summed E-state index contributed by atoms with van der Waals surface area (Å²) in [7, 11) is 1.63. The van der Waals surface area contributed by atoms with Crippen molar-refractivity contribution >= 4 is 6.21 Å². The molecule has 4 heterocycles. The van der Waals surface area contributed by atoms with Gasteiger partial charge in [0.1, 0.15) is 19.0 Å². The number of hydrogen-bond acceptors (Lipinski definition) is 8. The van der Waals surface area contributed by atoms with Crippen molar-refractivity contribution in [3.05, 3.63) is 29.8 Å². The molecule has 3 aliphatic rings. The molecule has 0 saturated carbocycles. The third-order valence-electron chi connectivity index (χ3n) is 5.54. The summed E-state index contributed by atoms with van der Waals surface area (Å²) in [6.07, 6.45) is 7.26. The van der Waals surface area contributed by atoms with Crippen LogP contribution in [0.5, 0.6) is 11.5 Å². The van der Waals surface area contributed by atoms with Crippen LogP contribution in [0, 0.1) is 5.92 Å². The molecule has 3 aliphatic heterocycles. The summed E-state index contributed by atoms with van der Waals surface area (Å²) in [5, 5.41) is 14.1. The minimum Gasteiger partial charge on any atom is -0.495 e. The molecule has 4 rings (SSSR count). The molecular formula is C21H29N3O5. The lowest BCUT2D eigenvalue weighted by Crippen LogP contribution is -2.43. The molecule has 0 aromatic carbocycles. The van der Waals surface area contributed by atoms with Crippen LogP contribution in [0.2, 0.25) is 0 Å². The van der Waals surface area contributed by atoms with E-state index in [4.69, 9.17) is 18.9 Å². The first-order chi connectivity index (χ1) is 14.2. The zero-order chi connectivity index (χ0) is 20.1. The van der Waals surface area contributed by atoms with Crippen LogP contribution in [0.15, 0.2) is 29.1 Å². The number of rotatable bonds is 7. The number of aliphatic hydroxyl groups excluding tert-OH is 1. The van der Waals surface area contributed by atoms with E-state index in [9.17, 15) is 5.11 Å². The fraction of sp³-hybridized carbons (Fsp3) is 0.619. The molecule has 2 N–H and O–H groups in total. The van der Waals surface area contributed by atoms with Gasteiger partial charge in [-0.25, -0.2) is 0 Å². The number of hydrogen-bond donors (Lipinski definition) is 2. The van der Waals surface area contributed by atoms with Crippen LogP contribution < -0.4 is 14.8 Å². The number of nitrogens with zero attached hydrogens (tertiary/aromatic N) is 2. The number of aliphatic imine (C=N–C) groups is 1. The third kappa shape index (κ3) is 5.26. The van der Waals surface area contributed by atoms with E-state index in [0.29, 0.717) is 45.1 Å². The van der Waals surface area contributed by atoms with Gasteiger partial charge >= 0.3 is 0 Å². The van der Waals surface area contributed by atoms with Crippen LogP contribution in [0.1, 0.15) is 25.0 Å². The minimum absolute atomic E-state index is 0.134. The topological polar surface area (TPSA) is 94.4 Å². The number of allylic oxidation sites excluding steroid dienone is 1. The second-order valence-electron chi connectivity index (χ2n) is 7.68. The Morgan fingerprint density at radius 3 is 2.93 bits per heavy atom. The van der Waals surface area contributed by atoms with Gasteiger partial charge < -0.3 is 29.4 Å². The summed E-state index contributed by atoms with van der Waals surface area (Å²) in [4.78, 5) is 8.72. The van der Waals surface area contributed by atoms with E-state index in [2.05, 4.69) is 15.3 Å². The summed E-state index contributed by atoms with van der Waals surface area (Å²) < 4.78 is 22.3. The van der Waals surface area contributed by atoms with Crippen molar-refractivity contribution in [3.8, 4) is 11.5 Å². The second kappa shape index (κ2) is 9.56. The lowest BCUT2D eigenvalue weighted by Gasteiger charge is -2.33. The van der Waals surface area contributed by atoms with Gasteiger partial charge in [0.2, 0.25) is 0 Å². The molecule has 1 unspecified atom stereocenters. The zero-order valence-corrected chi connectivity index (χ0v) is 16.8. The van der Waals surface area contributed by atoms with Crippen LogP contribution in [0.25, 0.3) is 0 Å². The number of pyridine rings is 1. The highest BCUT2D eigenvalue weighted by atomic mass is 16.6. The molecule has 1 aromatic rings. The molecule has 1 fully saturated rings. The standard InChI is InChI=1S/C21H29N3O5/c1-26-17-6-14(9-22-11-17)7-18(25)19-3-2-15(13-29-19)23-10-16-8-20-21(12-24-16)28-5-4-27-20/h6,8,11-12,14-15,18-19,23,25H,2-5,7,9-10,13H2,1H3/t14?,15-,18+,19+/m1/s1. The summed E-state index contributed by atoms with van der Waals surface area (Å²) in [5.74, 6) is 2.40. The predicted octanol–water partition coefficient (Wildman–Crippen LogP) is 1.47. The monoisotopic (exact) mass is 403 g/mol. The quantitative estimate of drug-likeness (QED) is 0.712. The number of fused-ring (bicyclic) bond motifs is 1. The zero-order valence-electron chi connectivity index (χ0n) is 16.8. The van der Waals surface area contributed by atoms with Gasteiger partial charge in [-0.2, -0.15) is 0 Å². The Balaban J connectivity index is 1.20. The first-order valence-corrected chi connectivity index (χ1v) is 10.2. The number of methoxy groups -OCH3 is 1. The van der Waals surface area contributed by atoms with Crippen LogP contribution in [0.4, 0.5) is 0 Å². The van der Waals surface area contributed by atoms with Gasteiger partial charge in [0.25, 0.3) is 0 Å². The maximum absolute atomic E-state index is 10.6. The number of aliphatic hydroxyl groups is 1. The molecule has 0 spiro atoms. The Bertz CT molecular complexity index is 746. The minimum atomic E-state index is -0.497. The Morgan fingerprint density at radius 1 is 1.28 bits per heavy atom. The lowest BCUT2D eigenvalue weighted by molar-refractivity contribution is -0.0773. The van der Waals surface area contributed by atoms with Crippen molar-refractivity contribution < 1.29 is 24.1 Å². The molecule has 158 valence electrons. The fourth-order valence-electron chi connectivity index (χ4n) is 3.90. The lowest BCUT2D eigenvalue weighted by atomic mass is 9.92. The van der Waals surface area contributed by atoms with E-state index in [1.165, 1.54) is 0 Å². The normalized spacial score (nSPS) is 27.2. The van der Waals surface area contributed by atoms with Crippen LogP contribution >= 0.6 is 0 Å². The van der Waals surface area contributed by atoms with E-state index >= 15 is 0 Å². The third-order valence-corrected chi connectivity index (χ3v) is 5.54. The van der Waals surface area contributed by atoms with E-state index < -0.39 is 6.10 Å². The predicted molar refractivity (Wildman–Crippen MR) is 107 cm³/mol. The Hall–Kier alpha value is -2.16. The van der Waals surface area contributed by atoms with E-state index in [-0.39, 0.29) is 18.1 Å². The molecule has 1 saturated heterocycles. The Kier molecular flexibility index (Phi) is 6.63. The van der Waals surface area contributed by atoms with Gasteiger partial charge in [0.15, 0.2) is 11.5 Å². The summed E-state index contributed by atoms with van der Waals surface area (Å²) in [6, 6.07) is 2.17. The summed E-state index contributed by atoms with van der Waals surface area (Å²) in [6.45, 7) is 3.04. The first-order valence-electron chi connectivity index (χ1n) is 10.2. The van der Waals surface area contributed by atoms with E-state index in [0.717, 1.165) is 30.0 Å². The van der Waals surface area contributed by atoms with Gasteiger partial charge in [0.05, 0.1) is 44.0 Å². The summed E-state index contributed by atoms with van der Waals surface area (Å²) >= 11 is 0. The summed E-state index contributed by atoms with van der Waals surface area (Å²) in [5.41, 5.74) is 0.912. The molecule has 0 aliphatic carbocycles. The number of dihydropyridines is 1. The average molecular weight is 403 g/mol. The van der Waals surface area contributed by atoms with Crippen molar-refractivity contribution in [2.24, 2.45) is 10.9 Å². The highest BCUT2D eigenvalue weighted by Gasteiger charge is 2.29. The van der Waals surface area contributed by atoms with E-state index in [1.54, 1.807) is 19.5 Å². The molecule has 29 heavy (non-hydrogen) atoms. The van der Waals surface area contributed by atoms with Crippen molar-refractivity contribution in [1.29, 1.82) is 0 Å². The second-order valence-corrected chi connectivity index (χ2v) is 7.68. The van der Waals surface area contributed by atoms with Gasteiger partial charge in [0, 0.05) is 31.1 Å². The van der Waals surface area contributed by atoms with Crippen LogP contribution in [0.3, 0.4) is 0 Å². The van der Waals surface area contributed by atoms with Crippen molar-refractivity contribution in [3.63, 3.8) is 0 Å². The molecule has 0 radical (unpaired) electrons. The molecule has 4 atom stereocenters. The van der Waals surface area contributed by atoms with Crippen LogP contribution in [-0.2, 0) is 16.0 Å². The fourth-order valence-corrected chi connectivity index (χ4v) is 3.90. The smallest absolute Gasteiger partial charge is 0.179 e. The maximum Gasteiger partial charge on any atom is 0.179 e. The number of nitrogens with one attached hydrogen (secondary N) is 1. The van der Waals surface area contributed by atoms with Crippen molar-refractivity contribution in [1.82, 2.24) is 10.3 Å². The van der Waals surface area contributed by atoms with Gasteiger partial charge in [-0.05, 0) is 25.3 Å². The molecule has 1 aromatic heterocycles. The highest BCUT2D eigenvalue weighted by Crippen LogP contribution is 2.29. The molecule has 0 bridgehead atoms. The Labute approximate surface area is 170 Å². The molecule has 0 amide bonds. The van der Waals surface area contributed by atoms with Gasteiger partial charge in [-0.1, -0.05) is 0 Å². The molecular weight excluding hydrogens is 374 g/mol. The van der Waals surface area contributed by atoms with Gasteiger partial charge in [-0.15, -0.1) is 0 Å². The average Bonchev–Trinajstić information content (AvgIpc) is 2.78. The van der Waals surface area contributed by atoms with Crippen LogP contribution in [-0.4, -0.2) is 68.0 Å². The van der Waals surface area contributed by atoms with E-state index in [1.807, 2.05) is 12.1 Å². The van der Waals surface area contributed by atoms with Crippen molar-refractivity contribution in [2.45, 2.75) is 44.1 Å². The Morgan fingerprint density at radius 2 is 2.14 bits per heavy atom.